The third kappa shape index (κ3) is 4.35. The minimum atomic E-state index is -0.131. The molecule has 0 unspecified atom stereocenters. The van der Waals surface area contributed by atoms with Crippen molar-refractivity contribution in [2.45, 2.75) is 23.8 Å². The molecular formula is C19H19ClN2O2S. The molecule has 4 nitrogen and oxygen atoms in total. The van der Waals surface area contributed by atoms with Gasteiger partial charge >= 0.3 is 0 Å². The van der Waals surface area contributed by atoms with Crippen LogP contribution in [0.15, 0.2) is 53.4 Å². The number of carbonyl (C=O) groups excluding carboxylic acids is 2. The molecule has 0 atom stereocenters. The van der Waals surface area contributed by atoms with Gasteiger partial charge in [-0.2, -0.15) is 0 Å². The maximum Gasteiger partial charge on any atom is 0.254 e. The van der Waals surface area contributed by atoms with Crippen molar-refractivity contribution in [2.75, 3.05) is 13.1 Å². The number of nitrogens with one attached hydrogen (secondary N) is 1. The van der Waals surface area contributed by atoms with E-state index in [-0.39, 0.29) is 17.9 Å². The Morgan fingerprint density at radius 1 is 1.08 bits per heavy atom. The Kier molecular flexibility index (Phi) is 5.66. The third-order valence-electron chi connectivity index (χ3n) is 4.34. The summed E-state index contributed by atoms with van der Waals surface area (Å²) in [4.78, 5) is 27.4. The first-order valence-corrected chi connectivity index (χ1v) is 9.01. The molecule has 1 heterocycles. The zero-order chi connectivity index (χ0) is 17.8. The molecule has 0 radical (unpaired) electrons. The van der Waals surface area contributed by atoms with E-state index >= 15 is 0 Å². The number of hydrogen-bond donors (Lipinski definition) is 2. The van der Waals surface area contributed by atoms with Gasteiger partial charge < -0.3 is 10.2 Å². The fraction of sp³-hybridized carbons (Fsp3) is 0.263. The lowest BCUT2D eigenvalue weighted by atomic mass is 10.0. The number of nitrogens with zero attached hydrogens (tertiary/aromatic N) is 1. The molecule has 2 aromatic carbocycles. The second kappa shape index (κ2) is 7.93. The molecule has 3 rings (SSSR count). The summed E-state index contributed by atoms with van der Waals surface area (Å²) in [6.45, 7) is 1.23. The van der Waals surface area contributed by atoms with Crippen molar-refractivity contribution in [2.24, 2.45) is 0 Å². The van der Waals surface area contributed by atoms with Crippen LogP contribution in [-0.2, 0) is 0 Å². The van der Waals surface area contributed by atoms with E-state index < -0.39 is 0 Å². The van der Waals surface area contributed by atoms with E-state index in [4.69, 9.17) is 11.6 Å². The molecule has 0 aliphatic carbocycles. The molecule has 0 saturated carbocycles. The minimum Gasteiger partial charge on any atom is -0.349 e. The Hall–Kier alpha value is -1.98. The predicted octanol–water partition coefficient (Wildman–Crippen LogP) is 3.66. The average Bonchev–Trinajstić information content (AvgIpc) is 2.62. The predicted molar refractivity (Wildman–Crippen MR) is 102 cm³/mol. The van der Waals surface area contributed by atoms with Crippen molar-refractivity contribution in [1.29, 1.82) is 0 Å². The fourth-order valence-corrected chi connectivity index (χ4v) is 3.40. The molecule has 1 aliphatic heterocycles. The topological polar surface area (TPSA) is 49.4 Å². The minimum absolute atomic E-state index is 0.00906. The lowest BCUT2D eigenvalue weighted by molar-refractivity contribution is 0.0695. The highest BCUT2D eigenvalue weighted by Crippen LogP contribution is 2.19. The van der Waals surface area contributed by atoms with Crippen LogP contribution in [0.2, 0.25) is 5.02 Å². The number of hydrogen-bond acceptors (Lipinski definition) is 3. The third-order valence-corrected chi connectivity index (χ3v) is 4.96. The highest BCUT2D eigenvalue weighted by atomic mass is 35.5. The second-order valence-corrected chi connectivity index (χ2v) is 6.99. The summed E-state index contributed by atoms with van der Waals surface area (Å²) in [7, 11) is 0. The van der Waals surface area contributed by atoms with Crippen molar-refractivity contribution in [1.82, 2.24) is 10.2 Å². The van der Waals surface area contributed by atoms with Gasteiger partial charge in [-0.1, -0.05) is 29.8 Å². The largest absolute Gasteiger partial charge is 0.349 e. The van der Waals surface area contributed by atoms with E-state index in [2.05, 4.69) is 17.9 Å². The maximum atomic E-state index is 12.6. The number of halogens is 1. The Morgan fingerprint density at radius 3 is 2.48 bits per heavy atom. The van der Waals surface area contributed by atoms with E-state index in [0.29, 0.717) is 34.1 Å². The standard InChI is InChI=1S/C19H19ClN2O2S/c20-14-5-3-4-13(12-14)18(23)21-15-8-10-22(11-9-15)19(24)16-6-1-2-7-17(16)25/h1-7,12,15,25H,8-11H2,(H,21,23). The summed E-state index contributed by atoms with van der Waals surface area (Å²) in [5.41, 5.74) is 1.17. The molecule has 1 fully saturated rings. The van der Waals surface area contributed by atoms with Crippen molar-refractivity contribution < 1.29 is 9.59 Å². The molecule has 25 heavy (non-hydrogen) atoms. The summed E-state index contributed by atoms with van der Waals surface area (Å²) in [6, 6.07) is 14.2. The number of thiol groups is 1. The summed E-state index contributed by atoms with van der Waals surface area (Å²) in [5, 5.41) is 3.56. The number of benzene rings is 2. The van der Waals surface area contributed by atoms with E-state index in [9.17, 15) is 9.59 Å². The first-order chi connectivity index (χ1) is 12.0. The van der Waals surface area contributed by atoms with Crippen LogP contribution in [0.25, 0.3) is 0 Å². The normalized spacial score (nSPS) is 15.0. The maximum absolute atomic E-state index is 12.6. The number of rotatable bonds is 3. The van der Waals surface area contributed by atoms with Crippen LogP contribution < -0.4 is 5.32 Å². The van der Waals surface area contributed by atoms with Gasteiger partial charge in [0, 0.05) is 34.6 Å². The van der Waals surface area contributed by atoms with Gasteiger partial charge in [0.05, 0.1) is 5.56 Å². The molecule has 0 aromatic heterocycles. The van der Waals surface area contributed by atoms with Crippen LogP contribution in [0.4, 0.5) is 0 Å². The highest BCUT2D eigenvalue weighted by molar-refractivity contribution is 7.80. The van der Waals surface area contributed by atoms with E-state index in [1.54, 1.807) is 30.3 Å². The molecule has 1 aliphatic rings. The van der Waals surface area contributed by atoms with Crippen LogP contribution in [0.1, 0.15) is 33.6 Å². The Morgan fingerprint density at radius 2 is 1.80 bits per heavy atom. The lowest BCUT2D eigenvalue weighted by Crippen LogP contribution is -2.46. The van der Waals surface area contributed by atoms with E-state index in [1.165, 1.54) is 0 Å². The van der Waals surface area contributed by atoms with Crippen LogP contribution in [-0.4, -0.2) is 35.8 Å². The second-order valence-electron chi connectivity index (χ2n) is 6.07. The number of likely N-dealkylation sites (tertiary alicyclic amines) is 1. The molecule has 2 amide bonds. The molecule has 0 bridgehead atoms. The van der Waals surface area contributed by atoms with E-state index in [0.717, 1.165) is 12.8 Å². The fourth-order valence-electron chi connectivity index (χ4n) is 2.95. The van der Waals surface area contributed by atoms with Crippen LogP contribution >= 0.6 is 24.2 Å². The summed E-state index contributed by atoms with van der Waals surface area (Å²) in [5.74, 6) is -0.141. The Bertz CT molecular complexity index is 788. The number of amides is 2. The summed E-state index contributed by atoms with van der Waals surface area (Å²) < 4.78 is 0. The van der Waals surface area contributed by atoms with Gasteiger partial charge in [-0.25, -0.2) is 0 Å². The smallest absolute Gasteiger partial charge is 0.254 e. The van der Waals surface area contributed by atoms with Crippen molar-refractivity contribution in [3.63, 3.8) is 0 Å². The van der Waals surface area contributed by atoms with Crippen LogP contribution in [0, 0.1) is 0 Å². The zero-order valence-electron chi connectivity index (χ0n) is 13.6. The van der Waals surface area contributed by atoms with Crippen LogP contribution in [0.5, 0.6) is 0 Å². The summed E-state index contributed by atoms with van der Waals surface area (Å²) in [6.07, 6.45) is 1.46. The quantitative estimate of drug-likeness (QED) is 0.805. The first-order valence-electron chi connectivity index (χ1n) is 8.18. The van der Waals surface area contributed by atoms with Gasteiger partial charge in [-0.3, -0.25) is 9.59 Å². The molecule has 0 spiro atoms. The first kappa shape index (κ1) is 17.8. The van der Waals surface area contributed by atoms with Crippen molar-refractivity contribution in [3.8, 4) is 0 Å². The molecule has 2 aromatic rings. The van der Waals surface area contributed by atoms with Gasteiger partial charge in [-0.05, 0) is 43.2 Å². The van der Waals surface area contributed by atoms with Crippen molar-refractivity contribution in [3.05, 3.63) is 64.7 Å². The number of piperidine rings is 1. The van der Waals surface area contributed by atoms with E-state index in [1.807, 2.05) is 23.1 Å². The number of carbonyl (C=O) groups is 2. The van der Waals surface area contributed by atoms with Crippen molar-refractivity contribution >= 4 is 36.0 Å². The molecular weight excluding hydrogens is 356 g/mol. The summed E-state index contributed by atoms with van der Waals surface area (Å²) >= 11 is 10.3. The average molecular weight is 375 g/mol. The zero-order valence-corrected chi connectivity index (χ0v) is 15.3. The molecule has 130 valence electrons. The molecule has 6 heteroatoms. The Balaban J connectivity index is 1.56. The molecule has 1 saturated heterocycles. The Labute approximate surface area is 157 Å². The molecule has 1 N–H and O–H groups in total. The van der Waals surface area contributed by atoms with Gasteiger partial charge in [0.2, 0.25) is 0 Å². The van der Waals surface area contributed by atoms with Gasteiger partial charge in [0.25, 0.3) is 11.8 Å². The SMILES string of the molecule is O=C(NC1CCN(C(=O)c2ccccc2S)CC1)c1cccc(Cl)c1. The van der Waals surface area contributed by atoms with Gasteiger partial charge in [0.1, 0.15) is 0 Å². The van der Waals surface area contributed by atoms with Gasteiger partial charge in [-0.15, -0.1) is 12.6 Å². The van der Waals surface area contributed by atoms with Crippen LogP contribution in [0.3, 0.4) is 0 Å². The highest BCUT2D eigenvalue weighted by Gasteiger charge is 2.25. The van der Waals surface area contributed by atoms with Gasteiger partial charge in [0.15, 0.2) is 0 Å². The monoisotopic (exact) mass is 374 g/mol. The lowest BCUT2D eigenvalue weighted by Gasteiger charge is -2.32.